The summed E-state index contributed by atoms with van der Waals surface area (Å²) < 4.78 is 34.6. The van der Waals surface area contributed by atoms with Crippen molar-refractivity contribution in [1.29, 1.82) is 0 Å². The number of nitrogen functional groups attached to an aromatic ring is 1. The molecule has 0 saturated carbocycles. The highest BCUT2D eigenvalue weighted by Gasteiger charge is 2.35. The third-order valence-electron chi connectivity index (χ3n) is 8.67. The molecule has 43 heavy (non-hydrogen) atoms. The molecule has 1 atom stereocenters. The lowest BCUT2D eigenvalue weighted by Gasteiger charge is -2.47. The van der Waals surface area contributed by atoms with Gasteiger partial charge in [-0.2, -0.15) is 0 Å². The molecule has 4 N–H and O–H groups in total. The molecule has 2 aromatic rings. The van der Waals surface area contributed by atoms with E-state index in [2.05, 4.69) is 36.9 Å². The molecule has 236 valence electrons. The summed E-state index contributed by atoms with van der Waals surface area (Å²) in [6.07, 6.45) is 2.91. The number of aromatic nitrogens is 2. The molecule has 3 aliphatic rings. The third-order valence-corrected chi connectivity index (χ3v) is 8.93. The number of piperidine rings is 1. The molecule has 1 aromatic heterocycles. The zero-order valence-electron chi connectivity index (χ0n) is 24.6. The molecular weight excluding hydrogens is 582 g/mol. The highest BCUT2D eigenvalue weighted by Crippen LogP contribution is 2.32. The van der Waals surface area contributed by atoms with E-state index in [9.17, 15) is 13.6 Å². The Hall–Kier alpha value is -2.84. The van der Waals surface area contributed by atoms with Gasteiger partial charge in [0.25, 0.3) is 5.91 Å². The molecule has 14 heteroatoms. The molecule has 3 saturated heterocycles. The number of hydrogen-bond donors (Lipinski definition) is 3. The number of nitrogens with two attached hydrogens (primary N) is 1. The van der Waals surface area contributed by atoms with Crippen LogP contribution in [-0.4, -0.2) is 115 Å². The van der Waals surface area contributed by atoms with E-state index < -0.39 is 17.5 Å². The molecule has 0 bridgehead atoms. The van der Waals surface area contributed by atoms with Gasteiger partial charge in [0, 0.05) is 57.9 Å². The van der Waals surface area contributed by atoms with Crippen LogP contribution < -0.4 is 20.9 Å². The highest BCUT2D eigenvalue weighted by molar-refractivity contribution is 6.32. The van der Waals surface area contributed by atoms with Gasteiger partial charge in [0.1, 0.15) is 0 Å². The number of piperazine rings is 1. The van der Waals surface area contributed by atoms with E-state index in [1.165, 1.54) is 6.07 Å². The molecule has 3 fully saturated rings. The van der Waals surface area contributed by atoms with Gasteiger partial charge >= 0.3 is 0 Å². The number of benzene rings is 1. The number of carbonyl (C=O) groups excluding carboxylic acids is 1. The van der Waals surface area contributed by atoms with Crippen LogP contribution in [0.25, 0.3) is 0 Å². The number of amides is 1. The number of nitrogens with one attached hydrogen (secondary N) is 1. The average Bonchev–Trinajstić information content (AvgIpc) is 3.03. The minimum atomic E-state index is -0.817. The van der Waals surface area contributed by atoms with Gasteiger partial charge in [0.05, 0.1) is 25.5 Å². The summed E-state index contributed by atoms with van der Waals surface area (Å²) in [5.41, 5.74) is 7.20. The molecule has 1 amide bonds. The number of likely N-dealkylation sites (tertiary alicyclic amines) is 1. The van der Waals surface area contributed by atoms with Gasteiger partial charge in [-0.05, 0) is 44.0 Å². The van der Waals surface area contributed by atoms with Crippen LogP contribution in [0.5, 0.6) is 0 Å². The average molecular weight is 623 g/mol. The number of anilines is 3. The second kappa shape index (κ2) is 14.3. The minimum absolute atomic E-state index is 0.00416. The van der Waals surface area contributed by atoms with Gasteiger partial charge in [-0.1, -0.05) is 24.6 Å². The van der Waals surface area contributed by atoms with Crippen LogP contribution in [0.4, 0.5) is 26.1 Å². The molecule has 0 radical (unpaired) electrons. The lowest BCUT2D eigenvalue weighted by Crippen LogP contribution is -2.58. The SMILES string of the molecule is CC[C@H]1CN(c2nc(N)c(C(=O)NCCO)nc2Cl)CCN1C1CCN(Cc2ccc(F)c(F)c2N2CCOCC2)CC1. The molecule has 0 spiro atoms. The maximum absolute atomic E-state index is 15.0. The summed E-state index contributed by atoms with van der Waals surface area (Å²) in [5.74, 6) is -1.66. The van der Waals surface area contributed by atoms with E-state index >= 15 is 0 Å². The highest BCUT2D eigenvalue weighted by atomic mass is 35.5. The van der Waals surface area contributed by atoms with Crippen molar-refractivity contribution >= 4 is 34.8 Å². The van der Waals surface area contributed by atoms with Crippen LogP contribution in [0.2, 0.25) is 5.15 Å². The number of halogens is 3. The molecule has 4 heterocycles. The van der Waals surface area contributed by atoms with Crippen molar-refractivity contribution in [2.24, 2.45) is 0 Å². The van der Waals surface area contributed by atoms with Crippen molar-refractivity contribution in [3.05, 3.63) is 40.2 Å². The first-order valence-corrected chi connectivity index (χ1v) is 15.4. The number of rotatable bonds is 9. The first kappa shape index (κ1) is 31.6. The van der Waals surface area contributed by atoms with Crippen LogP contribution in [0, 0.1) is 11.6 Å². The standard InChI is InChI=1S/C29H41ClF2N8O3/c1-2-20-18-39(28-26(30)35-24(27(33)36-28)29(42)34-7-14-41)10-11-40(20)21-5-8-37(9-6-21)17-19-3-4-22(31)23(32)25(19)38-12-15-43-16-13-38/h3-4,20-21,41H,2,5-18H2,1H3,(H2,33,36)(H,34,42)/t20-/m0/s1. The fraction of sp³-hybridized carbons (Fsp3) is 0.621. The molecule has 0 aliphatic carbocycles. The fourth-order valence-electron chi connectivity index (χ4n) is 6.43. The van der Waals surface area contributed by atoms with Crippen LogP contribution in [-0.2, 0) is 11.3 Å². The van der Waals surface area contributed by atoms with E-state index in [4.69, 9.17) is 27.2 Å². The first-order valence-electron chi connectivity index (χ1n) is 15.0. The molecule has 3 aliphatic heterocycles. The molecule has 1 aromatic carbocycles. The second-order valence-corrected chi connectivity index (χ2v) is 11.6. The smallest absolute Gasteiger partial charge is 0.273 e. The van der Waals surface area contributed by atoms with E-state index in [-0.39, 0.29) is 35.9 Å². The van der Waals surface area contributed by atoms with Crippen molar-refractivity contribution in [1.82, 2.24) is 25.1 Å². The largest absolute Gasteiger partial charge is 0.395 e. The van der Waals surface area contributed by atoms with Crippen molar-refractivity contribution in [3.8, 4) is 0 Å². The number of nitrogens with zero attached hydrogens (tertiary/aromatic N) is 6. The van der Waals surface area contributed by atoms with Gasteiger partial charge < -0.3 is 30.7 Å². The van der Waals surface area contributed by atoms with E-state index in [0.717, 1.165) is 44.5 Å². The Morgan fingerprint density at radius 3 is 2.56 bits per heavy atom. The number of aliphatic hydroxyl groups is 1. The number of ether oxygens (including phenoxy) is 1. The normalized spacial score (nSPS) is 20.9. The minimum Gasteiger partial charge on any atom is -0.395 e. The molecule has 11 nitrogen and oxygen atoms in total. The quantitative estimate of drug-likeness (QED) is 0.383. The maximum Gasteiger partial charge on any atom is 0.273 e. The summed E-state index contributed by atoms with van der Waals surface area (Å²) in [6, 6.07) is 3.64. The Morgan fingerprint density at radius 2 is 1.86 bits per heavy atom. The lowest BCUT2D eigenvalue weighted by molar-refractivity contribution is 0.0610. The second-order valence-electron chi connectivity index (χ2n) is 11.3. The Kier molecular flexibility index (Phi) is 10.5. The number of aliphatic hydroxyl groups excluding tert-OH is 1. The Bertz CT molecular complexity index is 1280. The fourth-order valence-corrected chi connectivity index (χ4v) is 6.68. The lowest BCUT2D eigenvalue weighted by atomic mass is 9.97. The predicted octanol–water partition coefficient (Wildman–Crippen LogP) is 2.11. The Balaban J connectivity index is 1.20. The summed E-state index contributed by atoms with van der Waals surface area (Å²) in [4.78, 5) is 29.8. The maximum atomic E-state index is 15.0. The van der Waals surface area contributed by atoms with E-state index in [1.807, 2.05) is 4.90 Å². The monoisotopic (exact) mass is 622 g/mol. The van der Waals surface area contributed by atoms with Crippen LogP contribution in [0.3, 0.4) is 0 Å². The third kappa shape index (κ3) is 7.12. The van der Waals surface area contributed by atoms with Gasteiger partial charge in [-0.15, -0.1) is 0 Å². The van der Waals surface area contributed by atoms with Crippen LogP contribution >= 0.6 is 11.6 Å². The van der Waals surface area contributed by atoms with Crippen LogP contribution in [0.15, 0.2) is 12.1 Å². The number of hydrogen-bond acceptors (Lipinski definition) is 10. The molecule has 5 rings (SSSR count). The zero-order valence-corrected chi connectivity index (χ0v) is 25.3. The zero-order chi connectivity index (χ0) is 30.5. The van der Waals surface area contributed by atoms with Gasteiger partial charge in [0.2, 0.25) is 0 Å². The van der Waals surface area contributed by atoms with Gasteiger partial charge in [-0.25, -0.2) is 18.7 Å². The van der Waals surface area contributed by atoms with Gasteiger partial charge in [0.15, 0.2) is 34.1 Å². The summed E-state index contributed by atoms with van der Waals surface area (Å²) in [6.45, 7) is 8.71. The van der Waals surface area contributed by atoms with Crippen molar-refractivity contribution < 1.29 is 23.4 Å². The summed E-state index contributed by atoms with van der Waals surface area (Å²) in [7, 11) is 0. The van der Waals surface area contributed by atoms with Crippen molar-refractivity contribution in [2.75, 3.05) is 87.7 Å². The van der Waals surface area contributed by atoms with E-state index in [0.29, 0.717) is 63.5 Å². The molecular formula is C29H41ClF2N8O3. The summed E-state index contributed by atoms with van der Waals surface area (Å²) in [5, 5.41) is 11.6. The van der Waals surface area contributed by atoms with E-state index in [1.54, 1.807) is 6.07 Å². The summed E-state index contributed by atoms with van der Waals surface area (Å²) >= 11 is 6.48. The Morgan fingerprint density at radius 1 is 1.12 bits per heavy atom. The number of morpholine rings is 1. The number of carbonyl (C=O) groups is 1. The Labute approximate surface area is 255 Å². The predicted molar refractivity (Wildman–Crippen MR) is 162 cm³/mol. The van der Waals surface area contributed by atoms with Gasteiger partial charge in [-0.3, -0.25) is 14.6 Å². The van der Waals surface area contributed by atoms with Crippen molar-refractivity contribution in [2.45, 2.75) is 44.8 Å². The van der Waals surface area contributed by atoms with Crippen LogP contribution in [0.1, 0.15) is 42.2 Å². The first-order chi connectivity index (χ1) is 20.8. The topological polar surface area (TPSA) is 123 Å². The van der Waals surface area contributed by atoms with Crippen molar-refractivity contribution in [3.63, 3.8) is 0 Å². The molecule has 0 unspecified atom stereocenters.